The molecule has 2 fully saturated rings. The third-order valence-electron chi connectivity index (χ3n) is 5.34. The molecule has 1 saturated carbocycles. The number of amides is 1. The normalized spacial score (nSPS) is 20.4. The first-order valence-corrected chi connectivity index (χ1v) is 10.4. The molecular formula is C18H28ClN3O4S. The summed E-state index contributed by atoms with van der Waals surface area (Å²) < 4.78 is 32.6. The lowest BCUT2D eigenvalue weighted by Gasteiger charge is -2.30. The zero-order chi connectivity index (χ0) is 18.9. The molecule has 3 N–H and O–H groups in total. The Morgan fingerprint density at radius 3 is 2.52 bits per heavy atom. The van der Waals surface area contributed by atoms with Gasteiger partial charge < -0.3 is 15.8 Å². The summed E-state index contributed by atoms with van der Waals surface area (Å²) >= 11 is 0. The number of ether oxygens (including phenoxy) is 1. The van der Waals surface area contributed by atoms with Crippen LogP contribution >= 0.6 is 12.4 Å². The Hall–Kier alpha value is -1.19. The van der Waals surface area contributed by atoms with Gasteiger partial charge in [-0.25, -0.2) is 8.42 Å². The Labute approximate surface area is 167 Å². The molecule has 1 heterocycles. The van der Waals surface area contributed by atoms with E-state index in [0.717, 1.165) is 12.8 Å². The summed E-state index contributed by atoms with van der Waals surface area (Å²) in [5.41, 5.74) is 6.37. The number of carbonyl (C=O) groups excluding carboxylic acids is 1. The van der Waals surface area contributed by atoms with Crippen LogP contribution < -0.4 is 11.1 Å². The van der Waals surface area contributed by atoms with Crippen molar-refractivity contribution in [2.45, 2.75) is 37.1 Å². The zero-order valence-electron chi connectivity index (χ0n) is 15.7. The third-order valence-corrected chi connectivity index (χ3v) is 7.38. The molecule has 152 valence electrons. The van der Waals surface area contributed by atoms with Crippen molar-refractivity contribution in [3.63, 3.8) is 0 Å². The molecule has 1 atom stereocenters. The summed E-state index contributed by atoms with van der Waals surface area (Å²) in [6, 6.07) is 4.81. The van der Waals surface area contributed by atoms with Crippen LogP contribution in [0.5, 0.6) is 0 Å². The minimum absolute atomic E-state index is 0. The fourth-order valence-electron chi connectivity index (χ4n) is 3.32. The summed E-state index contributed by atoms with van der Waals surface area (Å²) in [7, 11) is -3.65. The fraction of sp³-hybridized carbons (Fsp3) is 0.611. The Morgan fingerprint density at radius 1 is 1.33 bits per heavy atom. The largest absolute Gasteiger partial charge is 0.379 e. The van der Waals surface area contributed by atoms with Crippen molar-refractivity contribution in [3.8, 4) is 0 Å². The molecule has 7 nitrogen and oxygen atoms in total. The molecule has 1 aliphatic carbocycles. The SMILES string of the molecule is Cc1ccc(C(=O)NC(C)(CN)C2CC2)cc1S(=O)(=O)N1CCOCC1.Cl. The number of nitrogens with zero attached hydrogens (tertiary/aromatic N) is 1. The van der Waals surface area contributed by atoms with Crippen LogP contribution in [-0.4, -0.2) is 57.0 Å². The standard InChI is InChI=1S/C18H27N3O4S.ClH/c1-13-3-4-14(17(22)20-18(2,12-19)15-5-6-15)11-16(13)26(23,24)21-7-9-25-10-8-21;/h3-4,11,15H,5-10,12,19H2,1-2H3,(H,20,22);1H. The van der Waals surface area contributed by atoms with Crippen molar-refractivity contribution < 1.29 is 17.9 Å². The van der Waals surface area contributed by atoms with Crippen molar-refractivity contribution in [3.05, 3.63) is 29.3 Å². The second kappa shape index (κ2) is 8.45. The van der Waals surface area contributed by atoms with Crippen LogP contribution in [0.25, 0.3) is 0 Å². The second-order valence-corrected chi connectivity index (χ2v) is 9.25. The molecule has 0 bridgehead atoms. The summed E-state index contributed by atoms with van der Waals surface area (Å²) in [5, 5.41) is 3.01. The maximum absolute atomic E-state index is 13.0. The van der Waals surface area contributed by atoms with Gasteiger partial charge in [0.1, 0.15) is 0 Å². The maximum atomic E-state index is 13.0. The highest BCUT2D eigenvalue weighted by atomic mass is 35.5. The van der Waals surface area contributed by atoms with Crippen LogP contribution in [0.2, 0.25) is 0 Å². The number of aryl methyl sites for hydroxylation is 1. The molecular weight excluding hydrogens is 390 g/mol. The van der Waals surface area contributed by atoms with E-state index in [0.29, 0.717) is 49.9 Å². The highest BCUT2D eigenvalue weighted by Gasteiger charge is 2.41. The van der Waals surface area contributed by atoms with Crippen molar-refractivity contribution in [1.29, 1.82) is 0 Å². The molecule has 3 rings (SSSR count). The van der Waals surface area contributed by atoms with Crippen LogP contribution in [0, 0.1) is 12.8 Å². The lowest BCUT2D eigenvalue weighted by molar-refractivity contribution is 0.0730. The van der Waals surface area contributed by atoms with E-state index in [4.69, 9.17) is 10.5 Å². The molecule has 1 amide bonds. The van der Waals surface area contributed by atoms with Gasteiger partial charge in [-0.05, 0) is 50.3 Å². The number of nitrogens with two attached hydrogens (primary N) is 1. The number of halogens is 1. The van der Waals surface area contributed by atoms with Crippen LogP contribution in [0.3, 0.4) is 0 Å². The van der Waals surface area contributed by atoms with Crippen LogP contribution in [0.1, 0.15) is 35.7 Å². The quantitative estimate of drug-likeness (QED) is 0.726. The Morgan fingerprint density at radius 2 is 1.96 bits per heavy atom. The molecule has 1 saturated heterocycles. The number of rotatable bonds is 6. The van der Waals surface area contributed by atoms with Crippen LogP contribution in [0.15, 0.2) is 23.1 Å². The average Bonchev–Trinajstić information content (AvgIpc) is 3.48. The number of morpholine rings is 1. The van der Waals surface area contributed by atoms with E-state index in [9.17, 15) is 13.2 Å². The monoisotopic (exact) mass is 417 g/mol. The fourth-order valence-corrected chi connectivity index (χ4v) is 4.98. The summed E-state index contributed by atoms with van der Waals surface area (Å²) in [4.78, 5) is 12.9. The summed E-state index contributed by atoms with van der Waals surface area (Å²) in [6.45, 7) is 5.46. The second-order valence-electron chi connectivity index (χ2n) is 7.35. The predicted molar refractivity (Wildman–Crippen MR) is 106 cm³/mol. The summed E-state index contributed by atoms with van der Waals surface area (Å²) in [5.74, 6) is 0.0988. The van der Waals surface area contributed by atoms with Crippen molar-refractivity contribution in [2.24, 2.45) is 11.7 Å². The van der Waals surface area contributed by atoms with Crippen LogP contribution in [-0.2, 0) is 14.8 Å². The van der Waals surface area contributed by atoms with E-state index < -0.39 is 15.6 Å². The number of benzene rings is 1. The Kier molecular flexibility index (Phi) is 6.91. The lowest BCUT2D eigenvalue weighted by Crippen LogP contribution is -2.53. The minimum Gasteiger partial charge on any atom is -0.379 e. The van der Waals surface area contributed by atoms with E-state index in [1.807, 2.05) is 6.92 Å². The number of hydrogen-bond acceptors (Lipinski definition) is 5. The van der Waals surface area contributed by atoms with Crippen molar-refractivity contribution in [2.75, 3.05) is 32.8 Å². The third kappa shape index (κ3) is 4.63. The first kappa shape index (κ1) is 22.1. The van der Waals surface area contributed by atoms with Gasteiger partial charge in [0.15, 0.2) is 0 Å². The molecule has 9 heteroatoms. The first-order valence-electron chi connectivity index (χ1n) is 8.99. The van der Waals surface area contributed by atoms with Crippen LogP contribution in [0.4, 0.5) is 0 Å². The van der Waals surface area contributed by atoms with Gasteiger partial charge in [0, 0.05) is 25.2 Å². The van der Waals surface area contributed by atoms with E-state index >= 15 is 0 Å². The molecule has 1 unspecified atom stereocenters. The molecule has 27 heavy (non-hydrogen) atoms. The predicted octanol–water partition coefficient (Wildman–Crippen LogP) is 1.29. The lowest BCUT2D eigenvalue weighted by atomic mass is 9.95. The van der Waals surface area contributed by atoms with Gasteiger partial charge >= 0.3 is 0 Å². The van der Waals surface area contributed by atoms with Crippen molar-refractivity contribution >= 4 is 28.3 Å². The van der Waals surface area contributed by atoms with Gasteiger partial charge in [0.2, 0.25) is 10.0 Å². The van der Waals surface area contributed by atoms with E-state index in [-0.39, 0.29) is 23.2 Å². The molecule has 1 aliphatic heterocycles. The van der Waals surface area contributed by atoms with Crippen molar-refractivity contribution in [1.82, 2.24) is 9.62 Å². The Balaban J connectivity index is 0.00000261. The number of hydrogen-bond donors (Lipinski definition) is 2. The van der Waals surface area contributed by atoms with E-state index in [2.05, 4.69) is 5.32 Å². The molecule has 0 aromatic heterocycles. The van der Waals surface area contributed by atoms with Gasteiger partial charge in [-0.1, -0.05) is 6.07 Å². The van der Waals surface area contributed by atoms with E-state index in [1.165, 1.54) is 10.4 Å². The number of carbonyl (C=O) groups is 1. The van der Waals surface area contributed by atoms with Gasteiger partial charge in [-0.15, -0.1) is 12.4 Å². The molecule has 0 spiro atoms. The van der Waals surface area contributed by atoms with E-state index in [1.54, 1.807) is 19.1 Å². The van der Waals surface area contributed by atoms with Gasteiger partial charge in [0.05, 0.1) is 23.6 Å². The topological polar surface area (TPSA) is 102 Å². The molecule has 1 aromatic rings. The maximum Gasteiger partial charge on any atom is 0.251 e. The smallest absolute Gasteiger partial charge is 0.251 e. The Bertz CT molecular complexity index is 792. The van der Waals surface area contributed by atoms with Gasteiger partial charge in [0.25, 0.3) is 5.91 Å². The number of sulfonamides is 1. The summed E-state index contributed by atoms with van der Waals surface area (Å²) in [6.07, 6.45) is 2.11. The minimum atomic E-state index is -3.65. The highest BCUT2D eigenvalue weighted by Crippen LogP contribution is 2.39. The number of nitrogens with one attached hydrogen (secondary N) is 1. The van der Waals surface area contributed by atoms with Gasteiger partial charge in [-0.2, -0.15) is 4.31 Å². The molecule has 0 radical (unpaired) electrons. The van der Waals surface area contributed by atoms with Gasteiger partial charge in [-0.3, -0.25) is 4.79 Å². The molecule has 2 aliphatic rings. The molecule has 1 aromatic carbocycles. The highest BCUT2D eigenvalue weighted by molar-refractivity contribution is 7.89. The average molecular weight is 418 g/mol. The first-order chi connectivity index (χ1) is 12.3. The zero-order valence-corrected chi connectivity index (χ0v) is 17.4.